The Labute approximate surface area is 81.0 Å². The van der Waals surface area contributed by atoms with Crippen LogP contribution in [0.4, 0.5) is 0 Å². The molecular weight excluding hydrogens is 208 g/mol. The Morgan fingerprint density at radius 1 is 1.31 bits per heavy atom. The first-order valence-corrected chi connectivity index (χ1v) is 9.20. The summed E-state index contributed by atoms with van der Waals surface area (Å²) in [5.74, 6) is 0. The van der Waals surface area contributed by atoms with Crippen LogP contribution in [0.15, 0.2) is 11.8 Å². The van der Waals surface area contributed by atoms with E-state index in [-0.39, 0.29) is 6.61 Å². The van der Waals surface area contributed by atoms with Gasteiger partial charge in [0.1, 0.15) is 0 Å². The van der Waals surface area contributed by atoms with E-state index in [9.17, 15) is 8.42 Å². The van der Waals surface area contributed by atoms with Crippen molar-refractivity contribution < 1.29 is 18.1 Å². The molecule has 0 aliphatic rings. The third kappa shape index (κ3) is 49.0. The van der Waals surface area contributed by atoms with Gasteiger partial charge in [0.2, 0.25) is 0 Å². The molecule has 0 aliphatic heterocycles. The van der Waals surface area contributed by atoms with Gasteiger partial charge in [-0.1, -0.05) is 31.4 Å². The molecule has 0 radical (unpaired) electrons. The first-order valence-electron chi connectivity index (χ1n) is 3.77. The Bertz CT molecular complexity index is 230. The second kappa shape index (κ2) is 6.31. The lowest BCUT2D eigenvalue weighted by Crippen LogP contribution is -2.15. The normalized spacial score (nSPS) is 12.5. The third-order valence-corrected chi connectivity index (χ3v) is 1.96. The van der Waals surface area contributed by atoms with Crippen LogP contribution in [0.2, 0.25) is 19.6 Å². The molecule has 0 unspecified atom stereocenters. The van der Waals surface area contributed by atoms with Gasteiger partial charge < -0.3 is 5.11 Å². The second-order valence-corrected chi connectivity index (χ2v) is 10.2. The number of hydrogen-bond donors (Lipinski definition) is 2. The molecular formula is C7H18O4SSi. The smallest absolute Gasteiger partial charge is 0.261 e. The molecule has 0 bridgehead atoms. The molecule has 0 saturated heterocycles. The van der Waals surface area contributed by atoms with Crippen LogP contribution < -0.4 is 0 Å². The monoisotopic (exact) mass is 226 g/mol. The Morgan fingerprint density at radius 3 is 1.69 bits per heavy atom. The second-order valence-electron chi connectivity index (χ2n) is 3.68. The molecule has 0 heterocycles. The highest BCUT2D eigenvalue weighted by Crippen LogP contribution is 2.00. The lowest BCUT2D eigenvalue weighted by Gasteiger charge is -2.06. The molecule has 0 fully saturated rings. The van der Waals surface area contributed by atoms with Crippen molar-refractivity contribution in [3.8, 4) is 0 Å². The van der Waals surface area contributed by atoms with Crippen LogP contribution in [0.1, 0.15) is 0 Å². The van der Waals surface area contributed by atoms with E-state index in [4.69, 9.17) is 9.66 Å². The Hall–Kier alpha value is -0.173. The van der Waals surface area contributed by atoms with Crippen molar-refractivity contribution >= 4 is 18.2 Å². The molecule has 0 atom stereocenters. The minimum Gasteiger partial charge on any atom is -0.392 e. The summed E-state index contributed by atoms with van der Waals surface area (Å²) < 4.78 is 25.9. The van der Waals surface area contributed by atoms with Crippen molar-refractivity contribution in [3.63, 3.8) is 0 Å². The summed E-state index contributed by atoms with van der Waals surface area (Å²) in [6.07, 6.45) is 2.54. The van der Waals surface area contributed by atoms with E-state index < -0.39 is 18.2 Å². The lowest BCUT2D eigenvalue weighted by atomic mass is 10.7. The van der Waals surface area contributed by atoms with Gasteiger partial charge in [-0.15, -0.1) is 0 Å². The van der Waals surface area contributed by atoms with Crippen LogP contribution in [0, 0.1) is 0 Å². The molecule has 0 amide bonds. The van der Waals surface area contributed by atoms with Crippen LogP contribution in [0.25, 0.3) is 0 Å². The van der Waals surface area contributed by atoms with Crippen LogP contribution in [0.5, 0.6) is 0 Å². The summed E-state index contributed by atoms with van der Waals surface area (Å²) in [5.41, 5.74) is 2.13. The van der Waals surface area contributed by atoms with E-state index in [1.807, 2.05) is 6.08 Å². The zero-order valence-corrected chi connectivity index (χ0v) is 10.3. The largest absolute Gasteiger partial charge is 0.392 e. The van der Waals surface area contributed by atoms with E-state index in [0.29, 0.717) is 6.26 Å². The van der Waals surface area contributed by atoms with Crippen LogP contribution in [-0.4, -0.2) is 39.0 Å². The maximum absolute atomic E-state index is 9.19. The number of hydrogen-bond acceptors (Lipinski definition) is 3. The van der Waals surface area contributed by atoms with Gasteiger partial charge in [-0.2, -0.15) is 8.42 Å². The zero-order valence-electron chi connectivity index (χ0n) is 8.48. The van der Waals surface area contributed by atoms with Crippen LogP contribution in [-0.2, 0) is 10.1 Å². The number of rotatable bonds is 2. The van der Waals surface area contributed by atoms with Gasteiger partial charge in [-0.25, -0.2) is 0 Å². The summed E-state index contributed by atoms with van der Waals surface area (Å²) in [5, 5.41) is 8.36. The molecule has 4 nitrogen and oxygen atoms in total. The van der Waals surface area contributed by atoms with Gasteiger partial charge in [-0.05, 0) is 0 Å². The Balaban J connectivity index is 0. The van der Waals surface area contributed by atoms with Gasteiger partial charge in [0.15, 0.2) is 0 Å². The topological polar surface area (TPSA) is 74.6 Å². The fraction of sp³-hybridized carbons (Fsp3) is 0.714. The average Bonchev–Trinajstić information content (AvgIpc) is 1.77. The van der Waals surface area contributed by atoms with E-state index in [2.05, 4.69) is 25.3 Å². The fourth-order valence-corrected chi connectivity index (χ4v) is 1.22. The van der Waals surface area contributed by atoms with Crippen molar-refractivity contribution in [1.29, 1.82) is 0 Å². The van der Waals surface area contributed by atoms with Gasteiger partial charge in [0, 0.05) is 0 Å². The summed E-state index contributed by atoms with van der Waals surface area (Å²) in [6, 6.07) is 0. The van der Waals surface area contributed by atoms with Crippen LogP contribution in [0.3, 0.4) is 0 Å². The van der Waals surface area contributed by atoms with E-state index in [0.717, 1.165) is 0 Å². The molecule has 0 aromatic rings. The maximum Gasteiger partial charge on any atom is 0.261 e. The van der Waals surface area contributed by atoms with Crippen molar-refractivity contribution in [3.05, 3.63) is 11.8 Å². The van der Waals surface area contributed by atoms with Gasteiger partial charge in [-0.3, -0.25) is 4.55 Å². The molecule has 80 valence electrons. The first kappa shape index (κ1) is 15.3. The van der Waals surface area contributed by atoms with E-state index in [1.165, 1.54) is 0 Å². The molecule has 0 aromatic carbocycles. The van der Waals surface area contributed by atoms with Crippen molar-refractivity contribution in [2.45, 2.75) is 19.6 Å². The molecule has 0 saturated carbocycles. The molecule has 0 aliphatic carbocycles. The third-order valence-electron chi connectivity index (χ3n) is 0.723. The van der Waals surface area contributed by atoms with Crippen molar-refractivity contribution in [1.82, 2.24) is 0 Å². The highest BCUT2D eigenvalue weighted by Gasteiger charge is 2.05. The summed E-state index contributed by atoms with van der Waals surface area (Å²) >= 11 is 0. The summed E-state index contributed by atoms with van der Waals surface area (Å²) in [4.78, 5) is 0. The first-order chi connectivity index (χ1) is 5.56. The molecule has 6 heteroatoms. The van der Waals surface area contributed by atoms with Crippen LogP contribution >= 0.6 is 0 Å². The fourth-order valence-electron chi connectivity index (χ4n) is 0.406. The maximum atomic E-state index is 9.19. The molecule has 2 N–H and O–H groups in total. The SMILES string of the molecule is CS(=O)(=O)O.C[Si](C)(C)C=CCO. The van der Waals surface area contributed by atoms with Gasteiger partial charge in [0.25, 0.3) is 10.1 Å². The van der Waals surface area contributed by atoms with Gasteiger partial charge in [0.05, 0.1) is 20.9 Å². The van der Waals surface area contributed by atoms with E-state index >= 15 is 0 Å². The summed E-state index contributed by atoms with van der Waals surface area (Å²) in [6.45, 7) is 6.89. The minimum atomic E-state index is -3.67. The highest BCUT2D eigenvalue weighted by atomic mass is 32.2. The van der Waals surface area contributed by atoms with Gasteiger partial charge >= 0.3 is 0 Å². The van der Waals surface area contributed by atoms with Crippen molar-refractivity contribution in [2.24, 2.45) is 0 Å². The highest BCUT2D eigenvalue weighted by molar-refractivity contribution is 7.85. The minimum absolute atomic E-state index is 0.185. The van der Waals surface area contributed by atoms with E-state index in [1.54, 1.807) is 0 Å². The Kier molecular flexibility index (Phi) is 7.42. The summed E-state index contributed by atoms with van der Waals surface area (Å²) in [7, 11) is -4.69. The standard InChI is InChI=1S/C6H14OSi.CH4O3S/c1-8(2,3)6-4-5-7;1-5(2,3)4/h4,6-7H,5H2,1-3H3;1H3,(H,2,3,4). The molecule has 0 aromatic heterocycles. The molecule has 0 rings (SSSR count). The predicted molar refractivity (Wildman–Crippen MR) is 57.0 cm³/mol. The predicted octanol–water partition coefficient (Wildman–Crippen LogP) is 0.916. The number of aliphatic hydroxyl groups is 1. The lowest BCUT2D eigenvalue weighted by molar-refractivity contribution is 0.343. The quantitative estimate of drug-likeness (QED) is 0.542. The molecule has 13 heavy (non-hydrogen) atoms. The molecule has 0 spiro atoms. The van der Waals surface area contributed by atoms with Crippen molar-refractivity contribution in [2.75, 3.05) is 12.9 Å². The zero-order chi connectivity index (χ0) is 11.1. The number of aliphatic hydroxyl groups excluding tert-OH is 1. The average molecular weight is 226 g/mol. The Morgan fingerprint density at radius 2 is 1.62 bits per heavy atom.